The van der Waals surface area contributed by atoms with Gasteiger partial charge in [-0.25, -0.2) is 0 Å². The summed E-state index contributed by atoms with van der Waals surface area (Å²) in [5.41, 5.74) is 3.19. The average molecular weight is 401 g/mol. The van der Waals surface area contributed by atoms with Gasteiger partial charge in [-0.1, -0.05) is 77.2 Å². The summed E-state index contributed by atoms with van der Waals surface area (Å²) in [6, 6.07) is 0. The molecule has 29 heavy (non-hydrogen) atoms. The lowest BCUT2D eigenvalue weighted by atomic mass is 9.60. The Morgan fingerprint density at radius 3 is 2.62 bits per heavy atom. The van der Waals surface area contributed by atoms with E-state index in [-0.39, 0.29) is 11.7 Å². The van der Waals surface area contributed by atoms with E-state index in [1.54, 1.807) is 5.57 Å². The molecule has 0 amide bonds. The van der Waals surface area contributed by atoms with Gasteiger partial charge in [0, 0.05) is 12.3 Å². The lowest BCUT2D eigenvalue weighted by Crippen LogP contribution is -2.36. The molecule has 2 nitrogen and oxygen atoms in total. The molecule has 0 aliphatic heterocycles. The van der Waals surface area contributed by atoms with E-state index in [4.69, 9.17) is 0 Å². The number of hydrogen-bond donors (Lipinski definition) is 1. The molecule has 164 valence electrons. The van der Waals surface area contributed by atoms with E-state index in [9.17, 15) is 9.90 Å². The van der Waals surface area contributed by atoms with Crippen molar-refractivity contribution in [2.75, 3.05) is 0 Å². The summed E-state index contributed by atoms with van der Waals surface area (Å²) in [4.78, 5) is 12.1. The molecule has 1 N–H and O–H groups in total. The van der Waals surface area contributed by atoms with Crippen molar-refractivity contribution in [1.29, 1.82) is 0 Å². The number of aliphatic hydroxyl groups excluding tert-OH is 1. The summed E-state index contributed by atoms with van der Waals surface area (Å²) in [6.45, 7) is 11.6. The average Bonchev–Trinajstić information content (AvgIpc) is 3.01. The second kappa shape index (κ2) is 9.50. The summed E-state index contributed by atoms with van der Waals surface area (Å²) in [5.74, 6) is 3.21. The number of carbonyl (C=O) groups is 1. The maximum atomic E-state index is 12.1. The third kappa shape index (κ3) is 5.06. The Hall–Kier alpha value is -0.890. The highest BCUT2D eigenvalue weighted by Gasteiger charge is 2.50. The van der Waals surface area contributed by atoms with Crippen molar-refractivity contribution < 1.29 is 9.90 Å². The van der Waals surface area contributed by atoms with Crippen LogP contribution in [0.5, 0.6) is 0 Å². The fourth-order valence-electron chi connectivity index (χ4n) is 6.73. The van der Waals surface area contributed by atoms with E-state index < -0.39 is 6.10 Å². The highest BCUT2D eigenvalue weighted by atomic mass is 16.3. The predicted molar refractivity (Wildman–Crippen MR) is 122 cm³/mol. The molecule has 0 bridgehead atoms. The molecule has 3 fully saturated rings. The Kier molecular flexibility index (Phi) is 7.46. The van der Waals surface area contributed by atoms with Gasteiger partial charge in [0.15, 0.2) is 0 Å². The molecule has 0 aromatic carbocycles. The van der Waals surface area contributed by atoms with Crippen molar-refractivity contribution in [2.45, 2.75) is 105 Å². The van der Waals surface area contributed by atoms with Crippen LogP contribution in [0.4, 0.5) is 0 Å². The molecular formula is C27H44O2. The Balaban J connectivity index is 1.68. The zero-order valence-electron chi connectivity index (χ0n) is 19.5. The quantitative estimate of drug-likeness (QED) is 0.528. The van der Waals surface area contributed by atoms with Crippen molar-refractivity contribution in [1.82, 2.24) is 0 Å². The summed E-state index contributed by atoms with van der Waals surface area (Å²) in [6.07, 6.45) is 15.9. The molecule has 2 heteroatoms. The van der Waals surface area contributed by atoms with Crippen LogP contribution < -0.4 is 0 Å². The normalized spacial score (nSPS) is 39.3. The second-order valence-corrected chi connectivity index (χ2v) is 11.2. The van der Waals surface area contributed by atoms with Crippen LogP contribution in [-0.4, -0.2) is 17.0 Å². The summed E-state index contributed by atoms with van der Waals surface area (Å²) >= 11 is 0. The van der Waals surface area contributed by atoms with Gasteiger partial charge in [-0.3, -0.25) is 4.79 Å². The van der Waals surface area contributed by atoms with Gasteiger partial charge in [0.1, 0.15) is 5.78 Å². The first-order chi connectivity index (χ1) is 13.7. The van der Waals surface area contributed by atoms with Crippen LogP contribution in [0.25, 0.3) is 0 Å². The van der Waals surface area contributed by atoms with E-state index >= 15 is 0 Å². The molecule has 0 unspecified atom stereocenters. The van der Waals surface area contributed by atoms with E-state index in [1.807, 2.05) is 6.92 Å². The summed E-state index contributed by atoms with van der Waals surface area (Å²) < 4.78 is 0. The molecule has 0 aromatic rings. The van der Waals surface area contributed by atoms with Gasteiger partial charge in [-0.2, -0.15) is 0 Å². The van der Waals surface area contributed by atoms with Gasteiger partial charge in [0.2, 0.25) is 0 Å². The van der Waals surface area contributed by atoms with Crippen molar-refractivity contribution in [3.05, 3.63) is 23.3 Å². The first kappa shape index (κ1) is 22.8. The third-order valence-corrected chi connectivity index (χ3v) is 8.66. The van der Waals surface area contributed by atoms with Gasteiger partial charge >= 0.3 is 0 Å². The minimum absolute atomic E-state index is 0.193. The first-order valence-corrected chi connectivity index (χ1v) is 12.3. The van der Waals surface area contributed by atoms with Gasteiger partial charge in [0.05, 0.1) is 6.10 Å². The van der Waals surface area contributed by atoms with Gasteiger partial charge in [-0.05, 0) is 67.6 Å². The summed E-state index contributed by atoms with van der Waals surface area (Å²) in [7, 11) is 0. The Bertz CT molecular complexity index is 643. The number of hydrogen-bond acceptors (Lipinski definition) is 2. The molecule has 3 aliphatic carbocycles. The number of allylic oxidation sites excluding steroid dienone is 3. The van der Waals surface area contributed by atoms with Crippen LogP contribution in [-0.2, 0) is 4.79 Å². The topological polar surface area (TPSA) is 37.3 Å². The van der Waals surface area contributed by atoms with Crippen LogP contribution in [0, 0.1) is 35.0 Å². The van der Waals surface area contributed by atoms with Crippen molar-refractivity contribution in [3.63, 3.8) is 0 Å². The van der Waals surface area contributed by atoms with Gasteiger partial charge in [0.25, 0.3) is 0 Å². The minimum Gasteiger partial charge on any atom is -0.392 e. The monoisotopic (exact) mass is 400 g/mol. The van der Waals surface area contributed by atoms with Crippen LogP contribution in [0.2, 0.25) is 0 Å². The highest BCUT2D eigenvalue weighted by molar-refractivity contribution is 5.84. The van der Waals surface area contributed by atoms with Crippen LogP contribution in [0.15, 0.2) is 23.3 Å². The molecule has 3 rings (SSSR count). The molecule has 6 atom stereocenters. The van der Waals surface area contributed by atoms with Crippen LogP contribution >= 0.6 is 0 Å². The Labute approximate surface area is 179 Å². The van der Waals surface area contributed by atoms with Gasteiger partial charge < -0.3 is 5.11 Å². The SMILES string of the molecule is CC(C)CCC[C@@H](C)[C@H]1CC[C@H]2/C(=C/C=C3/CC(=O)[C@H](C)[C@H](O)C3)CCC[C@]12C. The zero-order chi connectivity index (χ0) is 21.2. The van der Waals surface area contributed by atoms with E-state index in [0.29, 0.717) is 24.2 Å². The predicted octanol–water partition coefficient (Wildman–Crippen LogP) is 6.88. The largest absolute Gasteiger partial charge is 0.392 e. The molecule has 0 aromatic heterocycles. The molecule has 3 saturated carbocycles. The lowest BCUT2D eigenvalue weighted by molar-refractivity contribution is -0.126. The number of ketones is 1. The van der Waals surface area contributed by atoms with E-state index in [0.717, 1.165) is 23.3 Å². The molecule has 3 aliphatic rings. The molecular weight excluding hydrogens is 356 g/mol. The summed E-state index contributed by atoms with van der Waals surface area (Å²) in [5, 5.41) is 10.2. The number of fused-ring (bicyclic) bond motifs is 1. The molecule has 0 spiro atoms. The second-order valence-electron chi connectivity index (χ2n) is 11.2. The minimum atomic E-state index is -0.500. The molecule has 0 saturated heterocycles. The standard InChI is InChI=1S/C27H44O2/c1-18(2)8-6-9-19(3)23-13-14-24-22(10-7-15-27(23,24)5)12-11-21-16-25(28)20(4)26(29)17-21/h11-12,18-20,23-25,28H,6-10,13-17H2,1-5H3/b21-11+,22-12+/t19-,20-,23-,24+,25-,27-/m1/s1. The zero-order valence-corrected chi connectivity index (χ0v) is 19.5. The highest BCUT2D eigenvalue weighted by Crippen LogP contribution is 2.59. The lowest BCUT2D eigenvalue weighted by Gasteiger charge is -2.44. The Morgan fingerprint density at radius 2 is 1.93 bits per heavy atom. The number of carbonyl (C=O) groups excluding carboxylic acids is 1. The fourth-order valence-corrected chi connectivity index (χ4v) is 6.73. The fraction of sp³-hybridized carbons (Fsp3) is 0.815. The first-order valence-electron chi connectivity index (χ1n) is 12.3. The van der Waals surface area contributed by atoms with E-state index in [2.05, 4.69) is 39.8 Å². The smallest absolute Gasteiger partial charge is 0.142 e. The van der Waals surface area contributed by atoms with Crippen molar-refractivity contribution >= 4 is 5.78 Å². The number of Topliss-reactive ketones (excluding diaryl/α,β-unsaturated/α-hetero) is 1. The van der Waals surface area contributed by atoms with Crippen LogP contribution in [0.1, 0.15) is 98.8 Å². The maximum Gasteiger partial charge on any atom is 0.142 e. The number of aliphatic hydroxyl groups is 1. The van der Waals surface area contributed by atoms with Gasteiger partial charge in [-0.15, -0.1) is 0 Å². The third-order valence-electron chi connectivity index (χ3n) is 8.66. The molecule has 0 heterocycles. The Morgan fingerprint density at radius 1 is 1.17 bits per heavy atom. The van der Waals surface area contributed by atoms with Crippen molar-refractivity contribution in [3.8, 4) is 0 Å². The van der Waals surface area contributed by atoms with Crippen LogP contribution in [0.3, 0.4) is 0 Å². The number of rotatable bonds is 6. The molecule has 0 radical (unpaired) electrons. The van der Waals surface area contributed by atoms with Crippen molar-refractivity contribution in [2.24, 2.45) is 35.0 Å². The van der Waals surface area contributed by atoms with E-state index in [1.165, 1.54) is 51.4 Å². The maximum absolute atomic E-state index is 12.1.